The monoisotopic (exact) mass is 174 g/mol. The van der Waals surface area contributed by atoms with Crippen LogP contribution in [0.5, 0.6) is 0 Å². The van der Waals surface area contributed by atoms with E-state index in [1.807, 2.05) is 30.3 Å². The summed E-state index contributed by atoms with van der Waals surface area (Å²) >= 11 is 0. The predicted octanol–water partition coefficient (Wildman–Crippen LogP) is 1.25. The van der Waals surface area contributed by atoms with Gasteiger partial charge in [0.05, 0.1) is 12.1 Å². The summed E-state index contributed by atoms with van der Waals surface area (Å²) in [6, 6.07) is 9.77. The van der Waals surface area contributed by atoms with Crippen molar-refractivity contribution in [2.45, 2.75) is 6.42 Å². The Kier molecular flexibility index (Phi) is 1.85. The third kappa shape index (κ3) is 1.45. The lowest BCUT2D eigenvalue weighted by Crippen LogP contribution is -2.14. The van der Waals surface area contributed by atoms with Crippen LogP contribution in [0.25, 0.3) is 0 Å². The molecule has 1 aromatic rings. The topological polar surface area (TPSA) is 32.7 Å². The van der Waals surface area contributed by atoms with E-state index in [-0.39, 0.29) is 5.91 Å². The Labute approximate surface area is 76.7 Å². The third-order valence-corrected chi connectivity index (χ3v) is 2.06. The first kappa shape index (κ1) is 7.98. The predicted molar refractivity (Wildman–Crippen MR) is 50.4 cm³/mol. The lowest BCUT2D eigenvalue weighted by atomic mass is 10.1. The summed E-state index contributed by atoms with van der Waals surface area (Å²) < 4.78 is 0. The van der Waals surface area contributed by atoms with Crippen molar-refractivity contribution in [2.75, 3.05) is 7.05 Å². The van der Waals surface area contributed by atoms with Gasteiger partial charge in [0.1, 0.15) is 0 Å². The summed E-state index contributed by atoms with van der Waals surface area (Å²) in [5, 5.41) is 5.53. The molecular weight excluding hydrogens is 164 g/mol. The van der Waals surface area contributed by atoms with E-state index in [9.17, 15) is 4.79 Å². The molecule has 0 bridgehead atoms. The van der Waals surface area contributed by atoms with Crippen molar-refractivity contribution in [3.05, 3.63) is 35.9 Å². The normalized spacial score (nSPS) is 16.2. The molecule has 0 aromatic heterocycles. The lowest BCUT2D eigenvalue weighted by Gasteiger charge is -1.99. The van der Waals surface area contributed by atoms with Crippen LogP contribution in [-0.4, -0.2) is 23.7 Å². The molecule has 0 atom stereocenters. The Morgan fingerprint density at radius 1 is 1.31 bits per heavy atom. The van der Waals surface area contributed by atoms with Crippen molar-refractivity contribution in [3.8, 4) is 0 Å². The molecule has 0 radical (unpaired) electrons. The zero-order chi connectivity index (χ0) is 9.26. The molecule has 1 aliphatic heterocycles. The first-order valence-electron chi connectivity index (χ1n) is 4.17. The molecular formula is C10H10N2O. The van der Waals surface area contributed by atoms with Gasteiger partial charge in [0, 0.05) is 7.05 Å². The smallest absolute Gasteiger partial charge is 0.248 e. The zero-order valence-electron chi connectivity index (χ0n) is 7.40. The molecule has 1 aliphatic rings. The van der Waals surface area contributed by atoms with Crippen molar-refractivity contribution < 1.29 is 4.79 Å². The van der Waals surface area contributed by atoms with Crippen LogP contribution >= 0.6 is 0 Å². The third-order valence-electron chi connectivity index (χ3n) is 2.06. The van der Waals surface area contributed by atoms with E-state index in [0.29, 0.717) is 6.42 Å². The van der Waals surface area contributed by atoms with Gasteiger partial charge in [-0.3, -0.25) is 4.79 Å². The molecule has 1 aromatic carbocycles. The summed E-state index contributed by atoms with van der Waals surface area (Å²) in [5.74, 6) is 0.0545. The van der Waals surface area contributed by atoms with Crippen molar-refractivity contribution in [2.24, 2.45) is 5.10 Å². The number of nitrogens with zero attached hydrogens (tertiary/aromatic N) is 2. The second-order valence-electron chi connectivity index (χ2n) is 3.01. The van der Waals surface area contributed by atoms with Gasteiger partial charge < -0.3 is 0 Å². The van der Waals surface area contributed by atoms with Crippen molar-refractivity contribution in [1.29, 1.82) is 0 Å². The molecule has 66 valence electrons. The van der Waals surface area contributed by atoms with Crippen LogP contribution in [0, 0.1) is 0 Å². The van der Waals surface area contributed by atoms with Crippen molar-refractivity contribution >= 4 is 11.6 Å². The average Bonchev–Trinajstić information content (AvgIpc) is 2.49. The number of carbonyl (C=O) groups is 1. The number of hydrogen-bond acceptors (Lipinski definition) is 2. The molecule has 1 heterocycles. The molecule has 0 unspecified atom stereocenters. The number of hydrogen-bond donors (Lipinski definition) is 0. The minimum Gasteiger partial charge on any atom is -0.273 e. The van der Waals surface area contributed by atoms with Crippen molar-refractivity contribution in [1.82, 2.24) is 5.01 Å². The highest BCUT2D eigenvalue weighted by molar-refractivity contribution is 6.13. The van der Waals surface area contributed by atoms with E-state index in [1.54, 1.807) is 7.05 Å². The van der Waals surface area contributed by atoms with E-state index in [4.69, 9.17) is 0 Å². The molecule has 2 rings (SSSR count). The molecule has 13 heavy (non-hydrogen) atoms. The van der Waals surface area contributed by atoms with Crippen LogP contribution in [-0.2, 0) is 4.79 Å². The second-order valence-corrected chi connectivity index (χ2v) is 3.01. The molecule has 0 saturated carbocycles. The maximum Gasteiger partial charge on any atom is 0.248 e. The first-order chi connectivity index (χ1) is 6.27. The van der Waals surface area contributed by atoms with E-state index in [2.05, 4.69) is 5.10 Å². The SMILES string of the molecule is CN1N=C(c2ccccc2)CC1=O. The van der Waals surface area contributed by atoms with Crippen LogP contribution in [0.4, 0.5) is 0 Å². The van der Waals surface area contributed by atoms with Gasteiger partial charge >= 0.3 is 0 Å². The van der Waals surface area contributed by atoms with E-state index in [1.165, 1.54) is 5.01 Å². The summed E-state index contributed by atoms with van der Waals surface area (Å²) in [4.78, 5) is 11.2. The first-order valence-corrected chi connectivity index (χ1v) is 4.17. The van der Waals surface area contributed by atoms with Crippen LogP contribution < -0.4 is 0 Å². The van der Waals surface area contributed by atoms with Crippen LogP contribution in [0.1, 0.15) is 12.0 Å². The Morgan fingerprint density at radius 2 is 2.00 bits per heavy atom. The molecule has 0 aliphatic carbocycles. The Hall–Kier alpha value is -1.64. The largest absolute Gasteiger partial charge is 0.273 e. The maximum absolute atomic E-state index is 11.2. The fraction of sp³-hybridized carbons (Fsp3) is 0.200. The van der Waals surface area contributed by atoms with Crippen LogP contribution in [0.3, 0.4) is 0 Å². The van der Waals surface area contributed by atoms with Gasteiger partial charge in [-0.1, -0.05) is 30.3 Å². The molecule has 0 spiro atoms. The molecule has 3 heteroatoms. The minimum absolute atomic E-state index is 0.0545. The van der Waals surface area contributed by atoms with E-state index < -0.39 is 0 Å². The van der Waals surface area contributed by atoms with E-state index >= 15 is 0 Å². The summed E-state index contributed by atoms with van der Waals surface area (Å²) in [6.07, 6.45) is 0.417. The van der Waals surface area contributed by atoms with Crippen LogP contribution in [0.15, 0.2) is 35.4 Å². The minimum atomic E-state index is 0.0545. The second kappa shape index (κ2) is 3.01. The van der Waals surface area contributed by atoms with Gasteiger partial charge in [0.25, 0.3) is 0 Å². The van der Waals surface area contributed by atoms with Gasteiger partial charge in [-0.15, -0.1) is 0 Å². The van der Waals surface area contributed by atoms with Crippen molar-refractivity contribution in [3.63, 3.8) is 0 Å². The fourth-order valence-electron chi connectivity index (χ4n) is 1.32. The highest BCUT2D eigenvalue weighted by Crippen LogP contribution is 2.12. The molecule has 3 nitrogen and oxygen atoms in total. The highest BCUT2D eigenvalue weighted by Gasteiger charge is 2.20. The van der Waals surface area contributed by atoms with Gasteiger partial charge in [-0.25, -0.2) is 5.01 Å². The van der Waals surface area contributed by atoms with Gasteiger partial charge in [-0.05, 0) is 5.56 Å². The Morgan fingerprint density at radius 3 is 2.54 bits per heavy atom. The van der Waals surface area contributed by atoms with Crippen LogP contribution in [0.2, 0.25) is 0 Å². The molecule has 0 N–H and O–H groups in total. The summed E-state index contributed by atoms with van der Waals surface area (Å²) in [5.41, 5.74) is 1.88. The lowest BCUT2D eigenvalue weighted by molar-refractivity contribution is -0.127. The zero-order valence-corrected chi connectivity index (χ0v) is 7.40. The molecule has 1 amide bonds. The summed E-state index contributed by atoms with van der Waals surface area (Å²) in [6.45, 7) is 0. The number of rotatable bonds is 1. The molecule has 0 saturated heterocycles. The maximum atomic E-state index is 11.2. The average molecular weight is 174 g/mol. The fourth-order valence-corrected chi connectivity index (χ4v) is 1.32. The molecule has 0 fully saturated rings. The van der Waals surface area contributed by atoms with Gasteiger partial charge in [0.15, 0.2) is 0 Å². The quantitative estimate of drug-likeness (QED) is 0.630. The van der Waals surface area contributed by atoms with E-state index in [0.717, 1.165) is 11.3 Å². The Balaban J connectivity index is 2.30. The van der Waals surface area contributed by atoms with Gasteiger partial charge in [-0.2, -0.15) is 5.10 Å². The number of carbonyl (C=O) groups excluding carboxylic acids is 1. The standard InChI is InChI=1S/C10H10N2O/c1-12-10(13)7-9(11-12)8-5-3-2-4-6-8/h2-6H,7H2,1H3. The number of amides is 1. The highest BCUT2D eigenvalue weighted by atomic mass is 16.2. The summed E-state index contributed by atoms with van der Waals surface area (Å²) in [7, 11) is 1.68. The Bertz CT molecular complexity index is 356. The number of hydrazone groups is 1. The van der Waals surface area contributed by atoms with Gasteiger partial charge in [0.2, 0.25) is 5.91 Å². The number of benzene rings is 1.